The van der Waals surface area contributed by atoms with Gasteiger partial charge in [0.2, 0.25) is 5.95 Å². The summed E-state index contributed by atoms with van der Waals surface area (Å²) in [6, 6.07) is 79.4. The highest BCUT2D eigenvalue weighted by Crippen LogP contribution is 2.50. The Morgan fingerprint density at radius 1 is 0.370 bits per heavy atom. The Balaban J connectivity index is 1.02. The smallest absolute Gasteiger partial charge is 0.236 e. The van der Waals surface area contributed by atoms with Crippen LogP contribution in [0.3, 0.4) is 0 Å². The average molecular weight is 965 g/mol. The molecule has 0 aliphatic carbocycles. The van der Waals surface area contributed by atoms with Crippen molar-refractivity contribution >= 4 is 150 Å². The molecule has 0 aliphatic rings. The summed E-state index contributed by atoms with van der Waals surface area (Å²) >= 11 is 3.74. The lowest BCUT2D eigenvalue weighted by atomic mass is 9.98. The first kappa shape index (κ1) is 39.6. The highest BCUT2D eigenvalue weighted by molar-refractivity contribution is 7.27. The Bertz CT molecular complexity index is 5210. The van der Waals surface area contributed by atoms with Crippen molar-refractivity contribution in [3.63, 3.8) is 0 Å². The third-order valence-corrected chi connectivity index (χ3v) is 17.6. The predicted molar refractivity (Wildman–Crippen MR) is 310 cm³/mol. The van der Waals surface area contributed by atoms with Gasteiger partial charge in [-0.1, -0.05) is 152 Å². The van der Waals surface area contributed by atoms with Crippen LogP contribution >= 0.6 is 22.7 Å². The van der Waals surface area contributed by atoms with Gasteiger partial charge in [0, 0.05) is 78.5 Å². The van der Waals surface area contributed by atoms with Gasteiger partial charge in [-0.2, -0.15) is 0 Å². The minimum Gasteiger partial charge on any atom is -0.452 e. The fourth-order valence-electron chi connectivity index (χ4n) is 12.1. The Morgan fingerprint density at radius 3 is 1.90 bits per heavy atom. The van der Waals surface area contributed by atoms with E-state index in [1.54, 1.807) is 0 Å². The SMILES string of the molecule is c1ccc(-c2nc(-n3c4ccccc4c4c5ccccc5c5sc6cc7c(cc6c5c43)c3cc(-c4ccc5sc6ccccc6c5c4)ccc3n7-c3ccccc3)nc3c2oc2ccc4ccccc4c23)cc1. The third kappa shape index (κ3) is 5.49. The standard InChI is InChI=1S/C66H36N4OS2/c1-3-16-38(17-4-1)61-64-62(59-42-20-8-7-15-37(42)28-31-54(59)71-64)68-66(67-61)70-51-25-13-11-24-46(51)58-44-22-9-10-23-45(44)65-60(63(58)70)50-35-48-47-33-39(40-29-32-56-49(34-40)43-21-12-14-26-55(43)72-56)27-30-52(47)69(41-18-5-2-6-19-41)53(48)36-57(50)73-65/h1-36H. The summed E-state index contributed by atoms with van der Waals surface area (Å²) in [4.78, 5) is 11.2. The summed E-state index contributed by atoms with van der Waals surface area (Å²) in [6.07, 6.45) is 0. The Labute approximate surface area is 423 Å². The van der Waals surface area contributed by atoms with Crippen LogP contribution in [0, 0.1) is 0 Å². The van der Waals surface area contributed by atoms with Gasteiger partial charge in [-0.3, -0.25) is 4.57 Å². The monoisotopic (exact) mass is 964 g/mol. The first-order valence-corrected chi connectivity index (χ1v) is 26.3. The minimum absolute atomic E-state index is 0.603. The maximum Gasteiger partial charge on any atom is 0.236 e. The van der Waals surface area contributed by atoms with Crippen molar-refractivity contribution in [1.82, 2.24) is 19.1 Å². The molecule has 5 nitrogen and oxygen atoms in total. The first-order chi connectivity index (χ1) is 36.2. The van der Waals surface area contributed by atoms with Gasteiger partial charge < -0.3 is 8.98 Å². The fraction of sp³-hybridized carbons (Fsp3) is 0. The zero-order valence-electron chi connectivity index (χ0n) is 38.8. The van der Waals surface area contributed by atoms with Gasteiger partial charge in [-0.25, -0.2) is 9.97 Å². The second kappa shape index (κ2) is 14.7. The largest absolute Gasteiger partial charge is 0.452 e. The molecule has 0 radical (unpaired) electrons. The van der Waals surface area contributed by atoms with Gasteiger partial charge in [0.25, 0.3) is 0 Å². The lowest BCUT2D eigenvalue weighted by molar-refractivity contribution is 0.667. The van der Waals surface area contributed by atoms with Crippen LogP contribution in [0.2, 0.25) is 0 Å². The molecule has 0 amide bonds. The quantitative estimate of drug-likeness (QED) is 0.177. The molecule has 338 valence electrons. The van der Waals surface area contributed by atoms with E-state index in [4.69, 9.17) is 14.4 Å². The number of aromatic nitrogens is 4. The molecule has 73 heavy (non-hydrogen) atoms. The summed E-state index contributed by atoms with van der Waals surface area (Å²) < 4.78 is 16.7. The van der Waals surface area contributed by atoms with Crippen molar-refractivity contribution in [2.75, 3.05) is 0 Å². The van der Waals surface area contributed by atoms with Gasteiger partial charge >= 0.3 is 0 Å². The molecule has 17 aromatic rings. The van der Waals surface area contributed by atoms with E-state index < -0.39 is 0 Å². The van der Waals surface area contributed by atoms with Crippen LogP contribution in [0.1, 0.15) is 0 Å². The number of benzene rings is 11. The maximum absolute atomic E-state index is 6.81. The van der Waals surface area contributed by atoms with Crippen molar-refractivity contribution in [2.45, 2.75) is 0 Å². The van der Waals surface area contributed by atoms with E-state index in [0.717, 1.165) is 60.6 Å². The number of fused-ring (bicyclic) bond motifs is 21. The second-order valence-electron chi connectivity index (χ2n) is 19.2. The molecule has 0 unspecified atom stereocenters. The van der Waals surface area contributed by atoms with Crippen molar-refractivity contribution in [2.24, 2.45) is 0 Å². The molecule has 0 spiro atoms. The molecule has 11 aromatic carbocycles. The van der Waals surface area contributed by atoms with E-state index in [-0.39, 0.29) is 0 Å². The summed E-state index contributed by atoms with van der Waals surface area (Å²) in [5, 5.41) is 15.5. The molecule has 0 saturated carbocycles. The normalized spacial score (nSPS) is 12.4. The first-order valence-electron chi connectivity index (χ1n) is 24.6. The van der Waals surface area contributed by atoms with Crippen molar-refractivity contribution in [1.29, 1.82) is 0 Å². The topological polar surface area (TPSA) is 48.8 Å². The number of thiophene rings is 2. The molecule has 7 heteroatoms. The lowest BCUT2D eigenvalue weighted by Crippen LogP contribution is -2.03. The molecular formula is C66H36N4OS2. The molecule has 0 fully saturated rings. The van der Waals surface area contributed by atoms with Crippen LogP contribution in [0.5, 0.6) is 0 Å². The third-order valence-electron chi connectivity index (χ3n) is 15.3. The van der Waals surface area contributed by atoms with E-state index >= 15 is 0 Å². The molecule has 0 bridgehead atoms. The molecular weight excluding hydrogens is 929 g/mol. The minimum atomic E-state index is 0.603. The maximum atomic E-state index is 6.81. The van der Waals surface area contributed by atoms with Crippen LogP contribution in [-0.4, -0.2) is 19.1 Å². The van der Waals surface area contributed by atoms with Gasteiger partial charge in [0.15, 0.2) is 5.58 Å². The number of hydrogen-bond acceptors (Lipinski definition) is 5. The van der Waals surface area contributed by atoms with Crippen molar-refractivity contribution in [3.8, 4) is 34.0 Å². The number of hydrogen-bond donors (Lipinski definition) is 0. The Hall–Kier alpha value is -9.14. The van der Waals surface area contributed by atoms with Crippen LogP contribution in [0.15, 0.2) is 223 Å². The van der Waals surface area contributed by atoms with E-state index in [2.05, 4.69) is 221 Å². The van der Waals surface area contributed by atoms with Gasteiger partial charge in [0.1, 0.15) is 16.8 Å². The number of rotatable bonds is 4. The van der Waals surface area contributed by atoms with Crippen molar-refractivity contribution < 1.29 is 4.42 Å². The zero-order valence-corrected chi connectivity index (χ0v) is 40.4. The lowest BCUT2D eigenvalue weighted by Gasteiger charge is -2.11. The molecule has 0 aliphatic heterocycles. The summed E-state index contributed by atoms with van der Waals surface area (Å²) in [7, 11) is 0. The molecule has 0 N–H and O–H groups in total. The molecule has 6 aromatic heterocycles. The number of para-hydroxylation sites is 2. The van der Waals surface area contributed by atoms with Gasteiger partial charge in [0.05, 0.1) is 27.5 Å². The molecule has 0 saturated heterocycles. The number of nitrogens with zero attached hydrogens (tertiary/aromatic N) is 4. The van der Waals surface area contributed by atoms with Gasteiger partial charge in [-0.05, 0) is 94.0 Å². The highest BCUT2D eigenvalue weighted by Gasteiger charge is 2.27. The van der Waals surface area contributed by atoms with E-state index in [1.165, 1.54) is 89.4 Å². The zero-order chi connectivity index (χ0) is 47.5. The Morgan fingerprint density at radius 2 is 1.04 bits per heavy atom. The van der Waals surface area contributed by atoms with Crippen LogP contribution in [0.4, 0.5) is 0 Å². The van der Waals surface area contributed by atoms with Crippen molar-refractivity contribution in [3.05, 3.63) is 218 Å². The summed E-state index contributed by atoms with van der Waals surface area (Å²) in [6.45, 7) is 0. The second-order valence-corrected chi connectivity index (χ2v) is 21.3. The summed E-state index contributed by atoms with van der Waals surface area (Å²) in [5.74, 6) is 0.603. The van der Waals surface area contributed by atoms with E-state index in [9.17, 15) is 0 Å². The van der Waals surface area contributed by atoms with Crippen LogP contribution < -0.4 is 0 Å². The Kier molecular flexibility index (Phi) is 7.97. The average Bonchev–Trinajstić information content (AvgIpc) is 4.30. The van der Waals surface area contributed by atoms with Crippen LogP contribution in [-0.2, 0) is 0 Å². The number of furan rings is 1. The molecule has 0 atom stereocenters. The highest BCUT2D eigenvalue weighted by atomic mass is 32.1. The van der Waals surface area contributed by atoms with E-state index in [1.807, 2.05) is 28.7 Å². The summed E-state index contributed by atoms with van der Waals surface area (Å²) in [5.41, 5.74) is 12.0. The van der Waals surface area contributed by atoms with Gasteiger partial charge in [-0.15, -0.1) is 22.7 Å². The molecule has 6 heterocycles. The van der Waals surface area contributed by atoms with E-state index in [0.29, 0.717) is 11.5 Å². The molecule has 17 rings (SSSR count). The fourth-order valence-corrected chi connectivity index (χ4v) is 14.5. The van der Waals surface area contributed by atoms with Crippen LogP contribution in [0.25, 0.3) is 162 Å². The predicted octanol–water partition coefficient (Wildman–Crippen LogP) is 18.9.